The smallest absolute Gasteiger partial charge is 0.253 e. The first kappa shape index (κ1) is 19.1. The van der Waals surface area contributed by atoms with Crippen LogP contribution in [-0.2, 0) is 16.4 Å². The summed E-state index contributed by atoms with van der Waals surface area (Å²) in [5.41, 5.74) is 1.50. The van der Waals surface area contributed by atoms with Gasteiger partial charge in [0.2, 0.25) is 10.0 Å². The van der Waals surface area contributed by atoms with Crippen molar-refractivity contribution in [3.8, 4) is 0 Å². The average molecular weight is 361 g/mol. The van der Waals surface area contributed by atoms with E-state index in [4.69, 9.17) is 0 Å². The number of pyridine rings is 1. The fourth-order valence-corrected chi connectivity index (χ4v) is 3.88. The van der Waals surface area contributed by atoms with Crippen molar-refractivity contribution in [2.24, 2.45) is 0 Å². The van der Waals surface area contributed by atoms with Crippen LogP contribution in [0.5, 0.6) is 0 Å². The molecule has 0 N–H and O–H groups in total. The highest BCUT2D eigenvalue weighted by molar-refractivity contribution is 7.89. The second kappa shape index (κ2) is 8.22. The van der Waals surface area contributed by atoms with E-state index in [0.717, 1.165) is 5.56 Å². The predicted octanol–water partition coefficient (Wildman–Crippen LogP) is 2.04. The molecular weight excluding hydrogens is 338 g/mol. The number of hydrogen-bond acceptors (Lipinski definition) is 4. The molecule has 2 rings (SSSR count). The van der Waals surface area contributed by atoms with E-state index < -0.39 is 10.0 Å². The average Bonchev–Trinajstić information content (AvgIpc) is 2.62. The van der Waals surface area contributed by atoms with E-state index >= 15 is 0 Å². The van der Waals surface area contributed by atoms with Gasteiger partial charge in [0.15, 0.2) is 0 Å². The molecule has 0 saturated heterocycles. The lowest BCUT2D eigenvalue weighted by Crippen LogP contribution is -2.33. The molecule has 0 bridgehead atoms. The minimum atomic E-state index is -3.59. The number of carbonyl (C=O) groups excluding carboxylic acids is 1. The van der Waals surface area contributed by atoms with Gasteiger partial charge in [-0.25, -0.2) is 8.42 Å². The second-order valence-electron chi connectivity index (χ2n) is 5.83. The summed E-state index contributed by atoms with van der Waals surface area (Å²) >= 11 is 0. The van der Waals surface area contributed by atoms with Crippen molar-refractivity contribution < 1.29 is 13.2 Å². The summed E-state index contributed by atoms with van der Waals surface area (Å²) in [4.78, 5) is 17.5. The first-order chi connectivity index (χ1) is 11.9. The molecule has 0 unspecified atom stereocenters. The van der Waals surface area contributed by atoms with Crippen LogP contribution in [0.25, 0.3) is 0 Å². The van der Waals surface area contributed by atoms with Crippen LogP contribution in [0.3, 0.4) is 0 Å². The molecule has 0 aliphatic carbocycles. The van der Waals surface area contributed by atoms with E-state index in [2.05, 4.69) is 4.98 Å². The van der Waals surface area contributed by atoms with Crippen molar-refractivity contribution in [1.29, 1.82) is 0 Å². The highest BCUT2D eigenvalue weighted by atomic mass is 32.2. The molecule has 1 aromatic heterocycles. The number of benzene rings is 1. The standard InChI is InChI=1S/C18H23N3O3S/c1-4-21(14-11-15-9-12-19-13-10-15)25(23,24)17-7-5-16(6-8-17)18(22)20(2)3/h5-10,12-13H,4,11,14H2,1-3H3. The largest absolute Gasteiger partial charge is 0.345 e. The van der Waals surface area contributed by atoms with Gasteiger partial charge >= 0.3 is 0 Å². The van der Waals surface area contributed by atoms with Crippen LogP contribution >= 0.6 is 0 Å². The van der Waals surface area contributed by atoms with Crippen LogP contribution in [0.4, 0.5) is 0 Å². The summed E-state index contributed by atoms with van der Waals surface area (Å²) < 4.78 is 27.1. The molecule has 0 radical (unpaired) electrons. The van der Waals surface area contributed by atoms with E-state index in [0.29, 0.717) is 25.1 Å². The highest BCUT2D eigenvalue weighted by Crippen LogP contribution is 2.17. The van der Waals surface area contributed by atoms with Gasteiger partial charge in [0.1, 0.15) is 0 Å². The van der Waals surface area contributed by atoms with Crippen LogP contribution in [-0.4, -0.2) is 55.7 Å². The number of likely N-dealkylation sites (N-methyl/N-ethyl adjacent to an activating group) is 1. The highest BCUT2D eigenvalue weighted by Gasteiger charge is 2.23. The Morgan fingerprint density at radius 1 is 1.04 bits per heavy atom. The van der Waals surface area contributed by atoms with Gasteiger partial charge in [-0.2, -0.15) is 4.31 Å². The third-order valence-corrected chi connectivity index (χ3v) is 5.89. The van der Waals surface area contributed by atoms with Gasteiger partial charge in [0, 0.05) is 45.1 Å². The number of nitrogens with zero attached hydrogens (tertiary/aromatic N) is 3. The Morgan fingerprint density at radius 3 is 2.16 bits per heavy atom. The Labute approximate surface area is 149 Å². The molecule has 25 heavy (non-hydrogen) atoms. The molecule has 0 aliphatic heterocycles. The van der Waals surface area contributed by atoms with Crippen molar-refractivity contribution in [3.05, 3.63) is 59.9 Å². The number of aromatic nitrogens is 1. The number of sulfonamides is 1. The maximum absolute atomic E-state index is 12.8. The Morgan fingerprint density at radius 2 is 1.64 bits per heavy atom. The van der Waals surface area contributed by atoms with E-state index in [1.165, 1.54) is 21.3 Å². The van der Waals surface area contributed by atoms with Gasteiger partial charge in [-0.1, -0.05) is 6.92 Å². The van der Waals surface area contributed by atoms with Crippen LogP contribution in [0.1, 0.15) is 22.8 Å². The Hall–Kier alpha value is -2.25. The van der Waals surface area contributed by atoms with Gasteiger partial charge in [-0.15, -0.1) is 0 Å². The molecule has 6 nitrogen and oxygen atoms in total. The van der Waals surface area contributed by atoms with Crippen molar-refractivity contribution in [2.45, 2.75) is 18.2 Å². The normalized spacial score (nSPS) is 11.5. The number of rotatable bonds is 7. The molecule has 0 fully saturated rings. The molecule has 134 valence electrons. The summed E-state index contributed by atoms with van der Waals surface area (Å²) in [5, 5.41) is 0. The topological polar surface area (TPSA) is 70.6 Å². The molecular formula is C18H23N3O3S. The number of carbonyl (C=O) groups is 1. The maximum Gasteiger partial charge on any atom is 0.253 e. The molecule has 1 aromatic carbocycles. The van der Waals surface area contributed by atoms with Gasteiger partial charge in [-0.05, 0) is 48.4 Å². The van der Waals surface area contributed by atoms with Crippen LogP contribution in [0.15, 0.2) is 53.7 Å². The molecule has 0 saturated carbocycles. The molecule has 7 heteroatoms. The van der Waals surface area contributed by atoms with Crippen LogP contribution in [0.2, 0.25) is 0 Å². The zero-order chi connectivity index (χ0) is 18.4. The fraction of sp³-hybridized carbons (Fsp3) is 0.333. The first-order valence-corrected chi connectivity index (χ1v) is 9.51. The summed E-state index contributed by atoms with van der Waals surface area (Å²) in [5.74, 6) is -0.158. The lowest BCUT2D eigenvalue weighted by atomic mass is 10.2. The SMILES string of the molecule is CCN(CCc1ccncc1)S(=O)(=O)c1ccc(C(=O)N(C)C)cc1. The first-order valence-electron chi connectivity index (χ1n) is 8.07. The van der Waals surface area contributed by atoms with Crippen molar-refractivity contribution >= 4 is 15.9 Å². The molecule has 1 heterocycles. The number of amides is 1. The number of hydrogen-bond donors (Lipinski definition) is 0. The Bertz CT molecular complexity index is 803. The van der Waals surface area contributed by atoms with E-state index in [1.54, 1.807) is 38.6 Å². The van der Waals surface area contributed by atoms with Crippen molar-refractivity contribution in [2.75, 3.05) is 27.2 Å². The summed E-state index contributed by atoms with van der Waals surface area (Å²) in [6.07, 6.45) is 4.01. The maximum atomic E-state index is 12.8. The molecule has 0 aliphatic rings. The third kappa shape index (κ3) is 4.64. The lowest BCUT2D eigenvalue weighted by molar-refractivity contribution is 0.0827. The molecule has 0 atom stereocenters. The van der Waals surface area contributed by atoms with Crippen molar-refractivity contribution in [3.63, 3.8) is 0 Å². The van der Waals surface area contributed by atoms with Gasteiger partial charge in [0.25, 0.3) is 5.91 Å². The van der Waals surface area contributed by atoms with Crippen LogP contribution in [0, 0.1) is 0 Å². The molecule has 1 amide bonds. The predicted molar refractivity (Wildman–Crippen MR) is 96.8 cm³/mol. The minimum absolute atomic E-state index is 0.158. The van der Waals surface area contributed by atoms with Gasteiger partial charge in [-0.3, -0.25) is 9.78 Å². The Balaban J connectivity index is 2.16. The van der Waals surface area contributed by atoms with Crippen molar-refractivity contribution in [1.82, 2.24) is 14.2 Å². The molecule has 2 aromatic rings. The van der Waals surface area contributed by atoms with Crippen LogP contribution < -0.4 is 0 Å². The summed E-state index contributed by atoms with van der Waals surface area (Å²) in [6.45, 7) is 2.58. The van der Waals surface area contributed by atoms with Gasteiger partial charge < -0.3 is 4.90 Å². The van der Waals surface area contributed by atoms with E-state index in [1.807, 2.05) is 19.1 Å². The monoisotopic (exact) mass is 361 g/mol. The third-order valence-electron chi connectivity index (χ3n) is 3.90. The lowest BCUT2D eigenvalue weighted by Gasteiger charge is -2.21. The quantitative estimate of drug-likeness (QED) is 0.757. The minimum Gasteiger partial charge on any atom is -0.345 e. The van der Waals surface area contributed by atoms with E-state index in [-0.39, 0.29) is 10.8 Å². The summed E-state index contributed by atoms with van der Waals surface area (Å²) in [6, 6.07) is 9.82. The molecule has 0 spiro atoms. The van der Waals surface area contributed by atoms with E-state index in [9.17, 15) is 13.2 Å². The zero-order valence-corrected chi connectivity index (χ0v) is 15.5. The summed E-state index contributed by atoms with van der Waals surface area (Å²) in [7, 11) is -0.276. The fourth-order valence-electron chi connectivity index (χ4n) is 2.43. The Kier molecular flexibility index (Phi) is 6.27. The second-order valence-corrected chi connectivity index (χ2v) is 7.76. The van der Waals surface area contributed by atoms with Gasteiger partial charge in [0.05, 0.1) is 4.90 Å². The zero-order valence-electron chi connectivity index (χ0n) is 14.7.